The van der Waals surface area contributed by atoms with Crippen LogP contribution >= 0.6 is 11.6 Å². The molecule has 0 unspecified atom stereocenters. The molecule has 0 radical (unpaired) electrons. The van der Waals surface area contributed by atoms with Crippen LogP contribution in [0.2, 0.25) is 5.02 Å². The second-order valence-electron chi connectivity index (χ2n) is 3.82. The summed E-state index contributed by atoms with van der Waals surface area (Å²) < 4.78 is 18.8. The van der Waals surface area contributed by atoms with Gasteiger partial charge in [0.2, 0.25) is 0 Å². The van der Waals surface area contributed by atoms with Gasteiger partial charge >= 0.3 is 0 Å². The van der Waals surface area contributed by atoms with Crippen molar-refractivity contribution in [1.29, 1.82) is 0 Å². The van der Waals surface area contributed by atoms with Gasteiger partial charge in [0.15, 0.2) is 0 Å². The van der Waals surface area contributed by atoms with Crippen LogP contribution < -0.4 is 4.74 Å². The van der Waals surface area contributed by atoms with E-state index in [1.807, 2.05) is 0 Å². The zero-order chi connectivity index (χ0) is 13.1. The number of rotatable bonds is 3. The summed E-state index contributed by atoms with van der Waals surface area (Å²) in [6, 6.07) is 9.22. The smallest absolute Gasteiger partial charge is 0.150 e. The Kier molecular flexibility index (Phi) is 3.63. The Balaban J connectivity index is 2.28. The monoisotopic (exact) mass is 264 g/mol. The molecular weight excluding hydrogens is 255 g/mol. The number of carbonyl (C=O) groups is 1. The summed E-state index contributed by atoms with van der Waals surface area (Å²) in [6.07, 6.45) is 0.696. The molecule has 0 amide bonds. The fourth-order valence-corrected chi connectivity index (χ4v) is 1.66. The Hall–Kier alpha value is -1.87. The molecule has 0 atom stereocenters. The normalized spacial score (nSPS) is 10.2. The minimum Gasteiger partial charge on any atom is -0.456 e. The molecule has 92 valence electrons. The van der Waals surface area contributed by atoms with E-state index in [0.717, 1.165) is 0 Å². The van der Waals surface area contributed by atoms with Crippen molar-refractivity contribution in [3.63, 3.8) is 0 Å². The molecule has 2 nitrogen and oxygen atoms in total. The molecule has 4 heteroatoms. The van der Waals surface area contributed by atoms with Gasteiger partial charge in [0, 0.05) is 11.6 Å². The maximum Gasteiger partial charge on any atom is 0.150 e. The highest BCUT2D eigenvalue weighted by Crippen LogP contribution is 2.30. The van der Waals surface area contributed by atoms with E-state index in [-0.39, 0.29) is 5.82 Å². The first-order valence-electron chi connectivity index (χ1n) is 5.29. The van der Waals surface area contributed by atoms with Gasteiger partial charge in [-0.15, -0.1) is 0 Å². The van der Waals surface area contributed by atoms with Crippen LogP contribution in [0.3, 0.4) is 0 Å². The first kappa shape index (κ1) is 12.6. The van der Waals surface area contributed by atoms with Crippen molar-refractivity contribution in [2.45, 2.75) is 6.92 Å². The van der Waals surface area contributed by atoms with Gasteiger partial charge in [0.25, 0.3) is 0 Å². The Morgan fingerprint density at radius 3 is 2.61 bits per heavy atom. The number of hydrogen-bond donors (Lipinski definition) is 0. The lowest BCUT2D eigenvalue weighted by Gasteiger charge is -2.08. The van der Waals surface area contributed by atoms with Gasteiger partial charge in [-0.05, 0) is 36.8 Å². The number of hydrogen-bond acceptors (Lipinski definition) is 2. The summed E-state index contributed by atoms with van der Waals surface area (Å²) in [5.41, 5.74) is 1.01. The summed E-state index contributed by atoms with van der Waals surface area (Å²) >= 11 is 5.95. The van der Waals surface area contributed by atoms with E-state index >= 15 is 0 Å². The topological polar surface area (TPSA) is 26.3 Å². The Morgan fingerprint density at radius 1 is 1.22 bits per heavy atom. The molecule has 0 bridgehead atoms. The largest absolute Gasteiger partial charge is 0.456 e. The summed E-state index contributed by atoms with van der Waals surface area (Å²) in [5.74, 6) is 0.400. The van der Waals surface area contributed by atoms with E-state index in [9.17, 15) is 9.18 Å². The van der Waals surface area contributed by atoms with Gasteiger partial charge in [-0.2, -0.15) is 0 Å². The van der Waals surface area contributed by atoms with Crippen molar-refractivity contribution in [3.05, 3.63) is 58.4 Å². The van der Waals surface area contributed by atoms with Crippen LogP contribution in [0.5, 0.6) is 11.5 Å². The molecule has 0 aliphatic rings. The first-order valence-corrected chi connectivity index (χ1v) is 5.66. The van der Waals surface area contributed by atoms with Crippen molar-refractivity contribution in [1.82, 2.24) is 0 Å². The van der Waals surface area contributed by atoms with Crippen molar-refractivity contribution in [2.24, 2.45) is 0 Å². The molecule has 0 saturated carbocycles. The molecule has 0 saturated heterocycles. The van der Waals surface area contributed by atoms with E-state index in [2.05, 4.69) is 0 Å². The number of benzene rings is 2. The molecule has 0 spiro atoms. The van der Waals surface area contributed by atoms with Crippen molar-refractivity contribution >= 4 is 17.9 Å². The lowest BCUT2D eigenvalue weighted by molar-refractivity contribution is 0.112. The predicted molar refractivity (Wildman–Crippen MR) is 68.1 cm³/mol. The van der Waals surface area contributed by atoms with Crippen LogP contribution in [-0.4, -0.2) is 6.29 Å². The van der Waals surface area contributed by atoms with Gasteiger partial charge in [-0.25, -0.2) is 4.39 Å². The highest BCUT2D eigenvalue weighted by Gasteiger charge is 2.06. The van der Waals surface area contributed by atoms with E-state index in [1.54, 1.807) is 31.2 Å². The van der Waals surface area contributed by atoms with E-state index in [4.69, 9.17) is 16.3 Å². The number of halogens is 2. The summed E-state index contributed by atoms with van der Waals surface area (Å²) in [7, 11) is 0. The van der Waals surface area contributed by atoms with Gasteiger partial charge in [0.1, 0.15) is 23.6 Å². The maximum atomic E-state index is 13.3. The van der Waals surface area contributed by atoms with Gasteiger partial charge in [-0.3, -0.25) is 4.79 Å². The Morgan fingerprint density at radius 2 is 2.00 bits per heavy atom. The van der Waals surface area contributed by atoms with Gasteiger partial charge in [0.05, 0.1) is 5.02 Å². The van der Waals surface area contributed by atoms with Crippen LogP contribution in [-0.2, 0) is 0 Å². The van der Waals surface area contributed by atoms with E-state index in [0.29, 0.717) is 33.9 Å². The van der Waals surface area contributed by atoms with E-state index in [1.165, 1.54) is 12.1 Å². The van der Waals surface area contributed by atoms with Crippen LogP contribution in [0.4, 0.5) is 4.39 Å². The third-order valence-corrected chi connectivity index (χ3v) is 2.76. The molecule has 0 aromatic heterocycles. The minimum atomic E-state index is -0.340. The van der Waals surface area contributed by atoms with Crippen molar-refractivity contribution in [2.75, 3.05) is 0 Å². The lowest BCUT2D eigenvalue weighted by atomic mass is 10.2. The second kappa shape index (κ2) is 5.19. The molecule has 0 aliphatic carbocycles. The predicted octanol–water partition coefficient (Wildman–Crippen LogP) is 4.39. The number of ether oxygens (including phenoxy) is 1. The third-order valence-electron chi connectivity index (χ3n) is 2.46. The highest BCUT2D eigenvalue weighted by atomic mass is 35.5. The zero-order valence-electron chi connectivity index (χ0n) is 9.61. The van der Waals surface area contributed by atoms with Crippen molar-refractivity contribution < 1.29 is 13.9 Å². The van der Waals surface area contributed by atoms with Crippen LogP contribution in [0.25, 0.3) is 0 Å². The average Bonchev–Trinajstić information content (AvgIpc) is 2.36. The quantitative estimate of drug-likeness (QED) is 0.769. The first-order chi connectivity index (χ1) is 8.60. The third kappa shape index (κ3) is 2.68. The molecular formula is C14H10ClFO2. The molecule has 0 aliphatic heterocycles. The molecule has 18 heavy (non-hydrogen) atoms. The SMILES string of the molecule is Cc1ccc(Oc2ccc(C=O)cc2Cl)cc1F. The lowest BCUT2D eigenvalue weighted by Crippen LogP contribution is -1.89. The molecule has 2 aromatic carbocycles. The van der Waals surface area contributed by atoms with Crippen LogP contribution in [0.15, 0.2) is 36.4 Å². The number of carbonyl (C=O) groups excluding carboxylic acids is 1. The molecule has 0 N–H and O–H groups in total. The fourth-order valence-electron chi connectivity index (χ4n) is 1.44. The fraction of sp³-hybridized carbons (Fsp3) is 0.0714. The van der Waals surface area contributed by atoms with E-state index < -0.39 is 0 Å². The Bertz CT molecular complexity index is 596. The highest BCUT2D eigenvalue weighted by molar-refractivity contribution is 6.32. The summed E-state index contributed by atoms with van der Waals surface area (Å²) in [6.45, 7) is 1.67. The van der Waals surface area contributed by atoms with Crippen LogP contribution in [0.1, 0.15) is 15.9 Å². The molecule has 0 fully saturated rings. The zero-order valence-corrected chi connectivity index (χ0v) is 10.4. The molecule has 0 heterocycles. The summed E-state index contributed by atoms with van der Waals surface area (Å²) in [5, 5.41) is 0.306. The maximum absolute atomic E-state index is 13.3. The molecule has 2 aromatic rings. The second-order valence-corrected chi connectivity index (χ2v) is 4.23. The summed E-state index contributed by atoms with van der Waals surface area (Å²) in [4.78, 5) is 10.6. The number of aryl methyl sites for hydroxylation is 1. The van der Waals surface area contributed by atoms with Gasteiger partial charge in [-0.1, -0.05) is 17.7 Å². The minimum absolute atomic E-state index is 0.306. The van der Waals surface area contributed by atoms with Crippen molar-refractivity contribution in [3.8, 4) is 11.5 Å². The Labute approximate surface area is 109 Å². The molecule has 2 rings (SSSR count). The van der Waals surface area contributed by atoms with Crippen LogP contribution in [0, 0.1) is 12.7 Å². The standard InChI is InChI=1S/C14H10ClFO2/c1-9-2-4-11(7-13(9)16)18-14-5-3-10(8-17)6-12(14)15/h2-8H,1H3. The average molecular weight is 265 g/mol. The number of aldehydes is 1. The van der Waals surface area contributed by atoms with Gasteiger partial charge < -0.3 is 4.74 Å².